The second-order valence-electron chi connectivity index (χ2n) is 11.6. The Kier molecular flexibility index (Phi) is 7.15. The Bertz CT molecular complexity index is 1120. The van der Waals surface area contributed by atoms with Crippen molar-refractivity contribution in [3.8, 4) is 0 Å². The Labute approximate surface area is 222 Å². The zero-order valence-electron chi connectivity index (χ0n) is 22.0. The van der Waals surface area contributed by atoms with Gasteiger partial charge in [-0.3, -0.25) is 9.69 Å². The van der Waals surface area contributed by atoms with Crippen LogP contribution in [0.15, 0.2) is 91.0 Å². The van der Waals surface area contributed by atoms with Crippen molar-refractivity contribution in [2.45, 2.75) is 76.0 Å². The molecule has 3 aromatic carbocycles. The Hall–Kier alpha value is -2.91. The van der Waals surface area contributed by atoms with E-state index in [0.29, 0.717) is 23.8 Å². The molecule has 0 N–H and O–H groups in total. The summed E-state index contributed by atoms with van der Waals surface area (Å²) in [6, 6.07) is 33.6. The Morgan fingerprint density at radius 2 is 1.32 bits per heavy atom. The fourth-order valence-electron chi connectivity index (χ4n) is 8.02. The van der Waals surface area contributed by atoms with Crippen molar-refractivity contribution in [3.05, 3.63) is 108 Å². The summed E-state index contributed by atoms with van der Waals surface area (Å²) in [6.45, 7) is 2.90. The predicted molar refractivity (Wildman–Crippen MR) is 150 cm³/mol. The molecular weight excluding hydrogens is 452 g/mol. The van der Waals surface area contributed by atoms with E-state index in [1.807, 2.05) is 0 Å². The molecule has 3 heteroatoms. The van der Waals surface area contributed by atoms with Crippen molar-refractivity contribution in [1.82, 2.24) is 9.80 Å². The van der Waals surface area contributed by atoms with Gasteiger partial charge in [0.25, 0.3) is 0 Å². The number of hydrogen-bond donors (Lipinski definition) is 0. The standard InChI is InChI=1S/C34H40N2O/c37-33-19-10-18-31-30(24-27-12-4-1-5-13-27)32(20-22-34(31)21-11-23-36(33)34)35(25-28-14-6-2-7-15-28)26-29-16-8-3-9-17-29/h1-9,12-17,30-32H,10-11,18-26H2/t30-,31+,32-,34-/m1/s1. The first-order valence-electron chi connectivity index (χ1n) is 14.4. The maximum Gasteiger partial charge on any atom is 0.223 e. The molecule has 4 atom stereocenters. The van der Waals surface area contributed by atoms with E-state index in [-0.39, 0.29) is 5.54 Å². The van der Waals surface area contributed by atoms with Gasteiger partial charge in [-0.15, -0.1) is 0 Å². The van der Waals surface area contributed by atoms with E-state index in [2.05, 4.69) is 101 Å². The first-order chi connectivity index (χ1) is 18.2. The first-order valence-corrected chi connectivity index (χ1v) is 14.4. The van der Waals surface area contributed by atoms with Gasteiger partial charge in [-0.1, -0.05) is 91.0 Å². The van der Waals surface area contributed by atoms with Crippen LogP contribution in [0.1, 0.15) is 61.6 Å². The van der Waals surface area contributed by atoms with Crippen LogP contribution in [0, 0.1) is 11.8 Å². The van der Waals surface area contributed by atoms with Gasteiger partial charge in [-0.25, -0.2) is 0 Å². The molecule has 192 valence electrons. The lowest BCUT2D eigenvalue weighted by atomic mass is 9.60. The van der Waals surface area contributed by atoms with Gasteiger partial charge >= 0.3 is 0 Å². The second kappa shape index (κ2) is 10.8. The number of rotatable bonds is 7. The van der Waals surface area contributed by atoms with E-state index in [1.54, 1.807) is 0 Å². The van der Waals surface area contributed by atoms with E-state index >= 15 is 0 Å². The van der Waals surface area contributed by atoms with E-state index in [4.69, 9.17) is 0 Å². The first kappa shape index (κ1) is 24.4. The smallest absolute Gasteiger partial charge is 0.223 e. The van der Waals surface area contributed by atoms with Crippen LogP contribution in [0.3, 0.4) is 0 Å². The highest BCUT2D eigenvalue weighted by Gasteiger charge is 2.56. The summed E-state index contributed by atoms with van der Waals surface area (Å²) >= 11 is 0. The van der Waals surface area contributed by atoms with Gasteiger partial charge in [-0.2, -0.15) is 0 Å². The molecule has 0 unspecified atom stereocenters. The lowest BCUT2D eigenvalue weighted by Gasteiger charge is -2.55. The lowest BCUT2D eigenvalue weighted by molar-refractivity contribution is -0.139. The van der Waals surface area contributed by atoms with Crippen LogP contribution in [-0.4, -0.2) is 33.8 Å². The molecule has 1 spiro atoms. The molecular formula is C34H40N2O. The third-order valence-electron chi connectivity index (χ3n) is 9.55. The van der Waals surface area contributed by atoms with Gasteiger partial charge < -0.3 is 4.90 Å². The number of benzene rings is 3. The van der Waals surface area contributed by atoms with Gasteiger partial charge in [0.05, 0.1) is 0 Å². The number of carbonyl (C=O) groups excluding carboxylic acids is 1. The van der Waals surface area contributed by atoms with E-state index in [9.17, 15) is 4.79 Å². The Balaban J connectivity index is 1.39. The minimum absolute atomic E-state index is 0.0781. The maximum absolute atomic E-state index is 13.2. The highest BCUT2D eigenvalue weighted by atomic mass is 16.2. The van der Waals surface area contributed by atoms with Crippen LogP contribution in [0.25, 0.3) is 0 Å². The SMILES string of the molecule is O=C1CCC[C@H]2[C@@H](Cc3ccccc3)[C@H](N(Cc3ccccc3)Cc3ccccc3)CC[C@]23CCCN13. The molecule has 2 aliphatic heterocycles. The molecule has 1 saturated carbocycles. The Morgan fingerprint density at radius 3 is 1.95 bits per heavy atom. The van der Waals surface area contributed by atoms with Crippen molar-refractivity contribution in [3.63, 3.8) is 0 Å². The fraction of sp³-hybridized carbons (Fsp3) is 0.441. The molecule has 0 radical (unpaired) electrons. The van der Waals surface area contributed by atoms with Crippen molar-refractivity contribution >= 4 is 5.91 Å². The van der Waals surface area contributed by atoms with E-state index < -0.39 is 0 Å². The monoisotopic (exact) mass is 492 g/mol. The molecule has 6 rings (SSSR count). The third-order valence-corrected chi connectivity index (χ3v) is 9.55. The number of hydrogen-bond acceptors (Lipinski definition) is 2. The van der Waals surface area contributed by atoms with Crippen LogP contribution >= 0.6 is 0 Å². The quantitative estimate of drug-likeness (QED) is 0.359. The molecule has 37 heavy (non-hydrogen) atoms. The van der Waals surface area contributed by atoms with Crippen LogP contribution in [0.5, 0.6) is 0 Å². The molecule has 3 fully saturated rings. The molecule has 1 aliphatic carbocycles. The van der Waals surface area contributed by atoms with Crippen molar-refractivity contribution in [1.29, 1.82) is 0 Å². The van der Waals surface area contributed by atoms with Crippen LogP contribution in [0.2, 0.25) is 0 Å². The molecule has 3 aliphatic rings. The third kappa shape index (κ3) is 4.99. The van der Waals surface area contributed by atoms with Crippen LogP contribution in [0.4, 0.5) is 0 Å². The normalized spacial score (nSPS) is 27.5. The number of carbonyl (C=O) groups is 1. The minimum atomic E-state index is 0.0781. The minimum Gasteiger partial charge on any atom is -0.337 e. The van der Waals surface area contributed by atoms with Gasteiger partial charge in [0.15, 0.2) is 0 Å². The average Bonchev–Trinajstić information content (AvgIpc) is 3.30. The molecule has 2 heterocycles. The molecule has 2 saturated heterocycles. The van der Waals surface area contributed by atoms with Crippen LogP contribution in [-0.2, 0) is 24.3 Å². The second-order valence-corrected chi connectivity index (χ2v) is 11.6. The summed E-state index contributed by atoms with van der Waals surface area (Å²) in [4.78, 5) is 18.4. The highest BCUT2D eigenvalue weighted by Crippen LogP contribution is 2.53. The fourth-order valence-corrected chi connectivity index (χ4v) is 8.02. The number of amides is 1. The summed E-state index contributed by atoms with van der Waals surface area (Å²) in [5, 5.41) is 0. The summed E-state index contributed by atoms with van der Waals surface area (Å²) in [7, 11) is 0. The Morgan fingerprint density at radius 1 is 0.730 bits per heavy atom. The molecule has 3 nitrogen and oxygen atoms in total. The van der Waals surface area contributed by atoms with Crippen molar-refractivity contribution < 1.29 is 4.79 Å². The predicted octanol–water partition coefficient (Wildman–Crippen LogP) is 6.87. The molecule has 1 amide bonds. The van der Waals surface area contributed by atoms with Gasteiger partial charge in [-0.05, 0) is 73.5 Å². The number of nitrogens with zero attached hydrogens (tertiary/aromatic N) is 2. The van der Waals surface area contributed by atoms with Crippen molar-refractivity contribution in [2.75, 3.05) is 6.54 Å². The van der Waals surface area contributed by atoms with Crippen LogP contribution < -0.4 is 0 Å². The maximum atomic E-state index is 13.2. The molecule has 0 aromatic heterocycles. The summed E-state index contributed by atoms with van der Waals surface area (Å²) in [5.41, 5.74) is 4.29. The highest BCUT2D eigenvalue weighted by molar-refractivity contribution is 5.78. The average molecular weight is 493 g/mol. The summed E-state index contributed by atoms with van der Waals surface area (Å²) in [6.07, 6.45) is 8.73. The van der Waals surface area contributed by atoms with Gasteiger partial charge in [0.2, 0.25) is 5.91 Å². The zero-order valence-corrected chi connectivity index (χ0v) is 22.0. The topological polar surface area (TPSA) is 23.6 Å². The van der Waals surface area contributed by atoms with Gasteiger partial charge in [0.1, 0.15) is 0 Å². The van der Waals surface area contributed by atoms with E-state index in [0.717, 1.165) is 51.7 Å². The largest absolute Gasteiger partial charge is 0.337 e. The zero-order chi connectivity index (χ0) is 25.1. The lowest BCUT2D eigenvalue weighted by Crippen LogP contribution is -2.60. The molecule has 3 aromatic rings. The van der Waals surface area contributed by atoms with Gasteiger partial charge in [0, 0.05) is 37.6 Å². The molecule has 0 bridgehead atoms. The summed E-state index contributed by atoms with van der Waals surface area (Å²) in [5.74, 6) is 1.52. The summed E-state index contributed by atoms with van der Waals surface area (Å²) < 4.78 is 0. The van der Waals surface area contributed by atoms with Crippen molar-refractivity contribution in [2.24, 2.45) is 11.8 Å². The van der Waals surface area contributed by atoms with E-state index in [1.165, 1.54) is 36.0 Å².